The van der Waals surface area contributed by atoms with E-state index < -0.39 is 0 Å². The van der Waals surface area contributed by atoms with Gasteiger partial charge in [0.25, 0.3) is 5.91 Å². The Morgan fingerprint density at radius 1 is 1.13 bits per heavy atom. The van der Waals surface area contributed by atoms with Crippen molar-refractivity contribution in [1.29, 1.82) is 0 Å². The standard InChI is InChI=1S/C18H16N4O/c23-18(21-19-13-15-6-2-1-3-7-15)17-9-4-8-16(12-17)14-22-11-5-10-20-22/h1-13H,14H2,(H,21,23)/b19-13+. The largest absolute Gasteiger partial charge is 0.271 e. The number of nitrogens with zero attached hydrogens (tertiary/aromatic N) is 3. The SMILES string of the molecule is O=C(N/N=C/c1ccccc1)c1cccc(Cn2cccn2)c1. The molecule has 5 heteroatoms. The highest BCUT2D eigenvalue weighted by molar-refractivity contribution is 5.95. The monoisotopic (exact) mass is 304 g/mol. The topological polar surface area (TPSA) is 59.3 Å². The fraction of sp³-hybridized carbons (Fsp3) is 0.0556. The predicted molar refractivity (Wildman–Crippen MR) is 89.3 cm³/mol. The van der Waals surface area contributed by atoms with Crippen LogP contribution in [0.3, 0.4) is 0 Å². The van der Waals surface area contributed by atoms with Crippen LogP contribution in [0.15, 0.2) is 78.2 Å². The third-order valence-corrected chi connectivity index (χ3v) is 3.27. The zero-order valence-corrected chi connectivity index (χ0v) is 12.5. The number of hydrazone groups is 1. The fourth-order valence-electron chi connectivity index (χ4n) is 2.16. The highest BCUT2D eigenvalue weighted by Crippen LogP contribution is 2.07. The van der Waals surface area contributed by atoms with Gasteiger partial charge in [0.2, 0.25) is 0 Å². The van der Waals surface area contributed by atoms with Crippen molar-refractivity contribution in [3.63, 3.8) is 0 Å². The van der Waals surface area contributed by atoms with Crippen LogP contribution in [0, 0.1) is 0 Å². The molecule has 0 radical (unpaired) electrons. The second-order valence-electron chi connectivity index (χ2n) is 5.01. The summed E-state index contributed by atoms with van der Waals surface area (Å²) in [6.45, 7) is 0.626. The molecule has 0 saturated heterocycles. The first-order valence-corrected chi connectivity index (χ1v) is 7.26. The highest BCUT2D eigenvalue weighted by Gasteiger charge is 2.05. The van der Waals surface area contributed by atoms with Gasteiger partial charge in [-0.1, -0.05) is 42.5 Å². The molecule has 0 atom stereocenters. The Bertz CT molecular complexity index is 795. The number of carbonyl (C=O) groups excluding carboxylic acids is 1. The maximum Gasteiger partial charge on any atom is 0.271 e. The van der Waals surface area contributed by atoms with E-state index in [1.54, 1.807) is 18.5 Å². The van der Waals surface area contributed by atoms with E-state index >= 15 is 0 Å². The molecule has 1 heterocycles. The van der Waals surface area contributed by atoms with Crippen LogP contribution in [0.2, 0.25) is 0 Å². The van der Waals surface area contributed by atoms with E-state index in [1.807, 2.05) is 65.5 Å². The first kappa shape index (κ1) is 14.7. The van der Waals surface area contributed by atoms with Crippen molar-refractivity contribution in [1.82, 2.24) is 15.2 Å². The molecule has 1 aromatic heterocycles. The summed E-state index contributed by atoms with van der Waals surface area (Å²) in [5, 5.41) is 8.14. The zero-order valence-electron chi connectivity index (χ0n) is 12.5. The molecule has 1 N–H and O–H groups in total. The van der Waals surface area contributed by atoms with Gasteiger partial charge in [0, 0.05) is 18.0 Å². The summed E-state index contributed by atoms with van der Waals surface area (Å²) in [7, 11) is 0. The lowest BCUT2D eigenvalue weighted by Gasteiger charge is -2.05. The average Bonchev–Trinajstić information content (AvgIpc) is 3.09. The number of carbonyl (C=O) groups is 1. The Balaban J connectivity index is 1.64. The molecule has 0 fully saturated rings. The van der Waals surface area contributed by atoms with Crippen LogP contribution in [0.25, 0.3) is 0 Å². The van der Waals surface area contributed by atoms with Crippen molar-refractivity contribution in [3.8, 4) is 0 Å². The van der Waals surface area contributed by atoms with Gasteiger partial charge in [-0.15, -0.1) is 0 Å². The molecule has 0 saturated carbocycles. The van der Waals surface area contributed by atoms with E-state index in [0.29, 0.717) is 12.1 Å². The Labute approximate surface area is 134 Å². The van der Waals surface area contributed by atoms with Crippen LogP contribution in [0.5, 0.6) is 0 Å². The van der Waals surface area contributed by atoms with Crippen LogP contribution in [-0.4, -0.2) is 21.9 Å². The molecular weight excluding hydrogens is 288 g/mol. The van der Waals surface area contributed by atoms with Gasteiger partial charge in [-0.2, -0.15) is 10.2 Å². The smallest absolute Gasteiger partial charge is 0.268 e. The number of hydrogen-bond acceptors (Lipinski definition) is 3. The molecule has 5 nitrogen and oxygen atoms in total. The van der Waals surface area contributed by atoms with Gasteiger partial charge in [0.05, 0.1) is 12.8 Å². The lowest BCUT2D eigenvalue weighted by Crippen LogP contribution is -2.18. The Kier molecular flexibility index (Phi) is 4.59. The molecule has 0 aliphatic rings. The summed E-state index contributed by atoms with van der Waals surface area (Å²) in [5.74, 6) is -0.237. The molecule has 0 spiro atoms. The van der Waals surface area contributed by atoms with Crippen molar-refractivity contribution >= 4 is 12.1 Å². The van der Waals surface area contributed by atoms with E-state index in [4.69, 9.17) is 0 Å². The van der Waals surface area contributed by atoms with E-state index in [0.717, 1.165) is 11.1 Å². The van der Waals surface area contributed by atoms with Gasteiger partial charge in [-0.25, -0.2) is 5.43 Å². The van der Waals surface area contributed by atoms with E-state index in [2.05, 4.69) is 15.6 Å². The number of nitrogens with one attached hydrogen (secondary N) is 1. The van der Waals surface area contributed by atoms with Gasteiger partial charge in [-0.05, 0) is 29.3 Å². The predicted octanol–water partition coefficient (Wildman–Crippen LogP) is 2.70. The first-order chi connectivity index (χ1) is 11.3. The number of benzene rings is 2. The van der Waals surface area contributed by atoms with Crippen molar-refractivity contribution in [3.05, 3.63) is 89.7 Å². The maximum atomic E-state index is 12.1. The molecular formula is C18H16N4O. The number of amides is 1. The van der Waals surface area contributed by atoms with Crippen LogP contribution < -0.4 is 5.43 Å². The summed E-state index contributed by atoms with van der Waals surface area (Å²) >= 11 is 0. The summed E-state index contributed by atoms with van der Waals surface area (Å²) in [6.07, 6.45) is 5.23. The molecule has 2 aromatic carbocycles. The third kappa shape index (κ3) is 4.14. The van der Waals surface area contributed by atoms with E-state index in [-0.39, 0.29) is 5.91 Å². The maximum absolute atomic E-state index is 12.1. The Hall–Kier alpha value is -3.21. The molecule has 1 amide bonds. The minimum absolute atomic E-state index is 0.237. The van der Waals surface area contributed by atoms with Crippen LogP contribution in [0.4, 0.5) is 0 Å². The van der Waals surface area contributed by atoms with Crippen molar-refractivity contribution in [2.24, 2.45) is 5.10 Å². The van der Waals surface area contributed by atoms with Crippen LogP contribution in [-0.2, 0) is 6.54 Å². The van der Waals surface area contributed by atoms with Gasteiger partial charge >= 0.3 is 0 Å². The van der Waals surface area contributed by atoms with Crippen LogP contribution in [0.1, 0.15) is 21.5 Å². The molecule has 3 rings (SSSR count). The number of hydrogen-bond donors (Lipinski definition) is 1. The molecule has 0 aliphatic heterocycles. The van der Waals surface area contributed by atoms with Gasteiger partial charge < -0.3 is 0 Å². The number of rotatable bonds is 5. The lowest BCUT2D eigenvalue weighted by atomic mass is 10.1. The van der Waals surface area contributed by atoms with Gasteiger partial charge in [0.1, 0.15) is 0 Å². The second kappa shape index (κ2) is 7.17. The van der Waals surface area contributed by atoms with Crippen molar-refractivity contribution in [2.45, 2.75) is 6.54 Å². The van der Waals surface area contributed by atoms with Crippen LogP contribution >= 0.6 is 0 Å². The van der Waals surface area contributed by atoms with Gasteiger partial charge in [0.15, 0.2) is 0 Å². The van der Waals surface area contributed by atoms with Gasteiger partial charge in [-0.3, -0.25) is 9.48 Å². The Morgan fingerprint density at radius 2 is 2.00 bits per heavy atom. The first-order valence-electron chi connectivity index (χ1n) is 7.26. The number of aromatic nitrogens is 2. The van der Waals surface area contributed by atoms with E-state index in [1.165, 1.54) is 0 Å². The highest BCUT2D eigenvalue weighted by atomic mass is 16.2. The third-order valence-electron chi connectivity index (χ3n) is 3.27. The van der Waals surface area contributed by atoms with Crippen molar-refractivity contribution < 1.29 is 4.79 Å². The quantitative estimate of drug-likeness (QED) is 0.582. The molecule has 3 aromatic rings. The van der Waals surface area contributed by atoms with Crippen molar-refractivity contribution in [2.75, 3.05) is 0 Å². The minimum atomic E-state index is -0.237. The average molecular weight is 304 g/mol. The Morgan fingerprint density at radius 3 is 2.78 bits per heavy atom. The lowest BCUT2D eigenvalue weighted by molar-refractivity contribution is 0.0955. The molecule has 0 bridgehead atoms. The van der Waals surface area contributed by atoms with E-state index in [9.17, 15) is 4.79 Å². The molecule has 23 heavy (non-hydrogen) atoms. The zero-order chi connectivity index (χ0) is 15.9. The molecule has 0 aliphatic carbocycles. The summed E-state index contributed by atoms with van der Waals surface area (Å²) < 4.78 is 1.81. The summed E-state index contributed by atoms with van der Waals surface area (Å²) in [5.41, 5.74) is 5.05. The molecule has 0 unspecified atom stereocenters. The summed E-state index contributed by atoms with van der Waals surface area (Å²) in [6, 6.07) is 18.9. The normalized spacial score (nSPS) is 10.8. The minimum Gasteiger partial charge on any atom is -0.268 e. The second-order valence-corrected chi connectivity index (χ2v) is 5.01. The summed E-state index contributed by atoms with van der Waals surface area (Å²) in [4.78, 5) is 12.1. The fourth-order valence-corrected chi connectivity index (χ4v) is 2.16. The molecule has 114 valence electrons.